The molecule has 1 aromatic carbocycles. The molecule has 1 aromatic rings. The number of hydrogen-bond donors (Lipinski definition) is 0. The Labute approximate surface area is 148 Å². The molecule has 1 spiro atoms. The molecule has 0 saturated carbocycles. The zero-order chi connectivity index (χ0) is 17.4. The molecule has 4 rings (SSSR count). The molecule has 6 nitrogen and oxygen atoms in total. The number of anilines is 1. The van der Waals surface area contributed by atoms with Crippen LogP contribution in [0.4, 0.5) is 10.5 Å². The number of hydrogen-bond acceptors (Lipinski definition) is 3. The van der Waals surface area contributed by atoms with Crippen molar-refractivity contribution in [2.45, 2.75) is 24.7 Å². The molecule has 3 aliphatic heterocycles. The monoisotopic (exact) mass is 343 g/mol. The molecule has 134 valence electrons. The molecule has 0 unspecified atom stereocenters. The smallest absolute Gasteiger partial charge is 0.320 e. The zero-order valence-electron chi connectivity index (χ0n) is 14.7. The summed E-state index contributed by atoms with van der Waals surface area (Å²) in [6.45, 7) is 4.01. The molecule has 0 atom stereocenters. The van der Waals surface area contributed by atoms with Crippen molar-refractivity contribution >= 4 is 17.6 Å². The fraction of sp³-hybridized carbons (Fsp3) is 0.579. The SMILES string of the molecule is CN1C(=O)CC2(CCN(C(=O)N3CCOCC3)CC2)c2ccccc21. The number of fused-ring (bicyclic) bond motifs is 2. The molecule has 0 radical (unpaired) electrons. The first-order chi connectivity index (χ1) is 12.1. The van der Waals surface area contributed by atoms with Crippen molar-refractivity contribution < 1.29 is 14.3 Å². The summed E-state index contributed by atoms with van der Waals surface area (Å²) in [5.41, 5.74) is 2.16. The van der Waals surface area contributed by atoms with Crippen molar-refractivity contribution in [1.82, 2.24) is 9.80 Å². The summed E-state index contributed by atoms with van der Waals surface area (Å²) < 4.78 is 5.33. The van der Waals surface area contributed by atoms with Gasteiger partial charge in [-0.1, -0.05) is 18.2 Å². The maximum Gasteiger partial charge on any atom is 0.320 e. The highest BCUT2D eigenvalue weighted by Gasteiger charge is 2.45. The quantitative estimate of drug-likeness (QED) is 0.722. The van der Waals surface area contributed by atoms with Crippen LogP contribution in [0.5, 0.6) is 0 Å². The lowest BCUT2D eigenvalue weighted by Crippen LogP contribution is -2.54. The minimum Gasteiger partial charge on any atom is -0.378 e. The second-order valence-electron chi connectivity index (χ2n) is 7.30. The van der Waals surface area contributed by atoms with E-state index in [0.717, 1.165) is 18.5 Å². The number of para-hydroxylation sites is 1. The highest BCUT2D eigenvalue weighted by atomic mass is 16.5. The third-order valence-electron chi connectivity index (χ3n) is 5.97. The number of carbonyl (C=O) groups excluding carboxylic acids is 2. The summed E-state index contributed by atoms with van der Waals surface area (Å²) in [6, 6.07) is 8.33. The van der Waals surface area contributed by atoms with E-state index in [-0.39, 0.29) is 17.4 Å². The van der Waals surface area contributed by atoms with E-state index >= 15 is 0 Å². The second kappa shape index (κ2) is 6.33. The number of benzene rings is 1. The number of piperidine rings is 1. The normalized spacial score (nSPS) is 22.9. The Balaban J connectivity index is 1.52. The Bertz CT molecular complexity index is 676. The summed E-state index contributed by atoms with van der Waals surface area (Å²) in [5.74, 6) is 0.173. The number of nitrogens with zero attached hydrogens (tertiary/aromatic N) is 3. The summed E-state index contributed by atoms with van der Waals surface area (Å²) in [4.78, 5) is 30.8. The van der Waals surface area contributed by atoms with Crippen molar-refractivity contribution in [3.63, 3.8) is 0 Å². The van der Waals surface area contributed by atoms with Crippen LogP contribution in [0.3, 0.4) is 0 Å². The van der Waals surface area contributed by atoms with E-state index < -0.39 is 0 Å². The largest absolute Gasteiger partial charge is 0.378 e. The molecule has 2 fully saturated rings. The van der Waals surface area contributed by atoms with Gasteiger partial charge in [0.2, 0.25) is 5.91 Å². The number of likely N-dealkylation sites (tertiary alicyclic amines) is 1. The Morgan fingerprint density at radius 1 is 1.04 bits per heavy atom. The van der Waals surface area contributed by atoms with Crippen LogP contribution in [-0.4, -0.2) is 68.2 Å². The van der Waals surface area contributed by atoms with Gasteiger partial charge in [-0.25, -0.2) is 4.79 Å². The maximum atomic E-state index is 12.7. The summed E-state index contributed by atoms with van der Waals surface area (Å²) >= 11 is 0. The third kappa shape index (κ3) is 2.78. The summed E-state index contributed by atoms with van der Waals surface area (Å²) in [6.07, 6.45) is 2.24. The van der Waals surface area contributed by atoms with Crippen molar-refractivity contribution in [2.24, 2.45) is 0 Å². The van der Waals surface area contributed by atoms with E-state index in [9.17, 15) is 9.59 Å². The van der Waals surface area contributed by atoms with Gasteiger partial charge in [-0.3, -0.25) is 4.79 Å². The predicted molar refractivity (Wildman–Crippen MR) is 94.7 cm³/mol. The van der Waals surface area contributed by atoms with Gasteiger partial charge in [0, 0.05) is 50.7 Å². The van der Waals surface area contributed by atoms with Crippen molar-refractivity contribution in [2.75, 3.05) is 51.3 Å². The highest BCUT2D eigenvalue weighted by molar-refractivity contribution is 5.97. The van der Waals surface area contributed by atoms with Crippen LogP contribution in [0.15, 0.2) is 24.3 Å². The number of amides is 3. The third-order valence-corrected chi connectivity index (χ3v) is 5.97. The first kappa shape index (κ1) is 16.4. The molecule has 3 heterocycles. The summed E-state index contributed by atoms with van der Waals surface area (Å²) in [5, 5.41) is 0. The Morgan fingerprint density at radius 2 is 1.68 bits per heavy atom. The molecule has 0 bridgehead atoms. The molecule has 3 amide bonds. The average molecular weight is 343 g/mol. The summed E-state index contributed by atoms with van der Waals surface area (Å²) in [7, 11) is 1.85. The van der Waals surface area contributed by atoms with Crippen LogP contribution in [0.25, 0.3) is 0 Å². The molecule has 25 heavy (non-hydrogen) atoms. The van der Waals surface area contributed by atoms with Crippen molar-refractivity contribution in [3.05, 3.63) is 29.8 Å². The van der Waals surface area contributed by atoms with E-state index in [0.29, 0.717) is 45.8 Å². The van der Waals surface area contributed by atoms with Gasteiger partial charge in [0.25, 0.3) is 0 Å². The molecule has 2 saturated heterocycles. The van der Waals surface area contributed by atoms with Gasteiger partial charge in [-0.15, -0.1) is 0 Å². The lowest BCUT2D eigenvalue weighted by molar-refractivity contribution is -0.120. The van der Waals surface area contributed by atoms with Crippen LogP contribution in [-0.2, 0) is 14.9 Å². The van der Waals surface area contributed by atoms with E-state index in [2.05, 4.69) is 12.1 Å². The number of ether oxygens (including phenoxy) is 1. The van der Waals surface area contributed by atoms with Crippen LogP contribution < -0.4 is 4.90 Å². The number of carbonyl (C=O) groups is 2. The fourth-order valence-corrected chi connectivity index (χ4v) is 4.38. The highest BCUT2D eigenvalue weighted by Crippen LogP contribution is 2.46. The van der Waals surface area contributed by atoms with Gasteiger partial charge in [0.1, 0.15) is 0 Å². The van der Waals surface area contributed by atoms with Gasteiger partial charge in [-0.05, 0) is 24.5 Å². The minimum absolute atomic E-state index is 0.116. The Morgan fingerprint density at radius 3 is 2.40 bits per heavy atom. The van der Waals surface area contributed by atoms with E-state index in [1.807, 2.05) is 29.0 Å². The molecule has 6 heteroatoms. The zero-order valence-corrected chi connectivity index (χ0v) is 14.7. The molecule has 0 aliphatic carbocycles. The molecule has 0 N–H and O–H groups in total. The Kier molecular flexibility index (Phi) is 4.15. The van der Waals surface area contributed by atoms with Crippen molar-refractivity contribution in [3.8, 4) is 0 Å². The number of urea groups is 1. The standard InChI is InChI=1S/C19H25N3O3/c1-20-16-5-3-2-4-15(16)19(14-17(20)23)6-8-21(9-7-19)18(24)22-10-12-25-13-11-22/h2-5H,6-14H2,1H3. The fourth-order valence-electron chi connectivity index (χ4n) is 4.38. The Hall–Kier alpha value is -2.08. The van der Waals surface area contributed by atoms with Crippen LogP contribution in [0.2, 0.25) is 0 Å². The van der Waals surface area contributed by atoms with Crippen LogP contribution >= 0.6 is 0 Å². The molecular weight excluding hydrogens is 318 g/mol. The van der Waals surface area contributed by atoms with Gasteiger partial charge >= 0.3 is 6.03 Å². The van der Waals surface area contributed by atoms with Gasteiger partial charge < -0.3 is 19.4 Å². The molecular formula is C19H25N3O3. The first-order valence-corrected chi connectivity index (χ1v) is 9.08. The lowest BCUT2D eigenvalue weighted by atomic mass is 9.68. The van der Waals surface area contributed by atoms with Crippen LogP contribution in [0, 0.1) is 0 Å². The topological polar surface area (TPSA) is 53.1 Å². The average Bonchev–Trinajstić information content (AvgIpc) is 2.67. The van der Waals surface area contributed by atoms with Gasteiger partial charge in [0.15, 0.2) is 0 Å². The molecule has 3 aliphatic rings. The van der Waals surface area contributed by atoms with Gasteiger partial charge in [-0.2, -0.15) is 0 Å². The predicted octanol–water partition coefficient (Wildman–Crippen LogP) is 1.84. The maximum absolute atomic E-state index is 12.7. The lowest BCUT2D eigenvalue weighted by Gasteiger charge is -2.47. The second-order valence-corrected chi connectivity index (χ2v) is 7.30. The van der Waals surface area contributed by atoms with Gasteiger partial charge in [0.05, 0.1) is 13.2 Å². The number of rotatable bonds is 0. The first-order valence-electron chi connectivity index (χ1n) is 9.08. The van der Waals surface area contributed by atoms with E-state index in [1.165, 1.54) is 5.56 Å². The minimum atomic E-state index is -0.123. The van der Waals surface area contributed by atoms with Crippen molar-refractivity contribution in [1.29, 1.82) is 0 Å². The molecule has 0 aromatic heterocycles. The number of morpholine rings is 1. The van der Waals surface area contributed by atoms with E-state index in [1.54, 1.807) is 4.90 Å². The van der Waals surface area contributed by atoms with E-state index in [4.69, 9.17) is 4.74 Å². The van der Waals surface area contributed by atoms with Crippen LogP contribution in [0.1, 0.15) is 24.8 Å².